The average Bonchev–Trinajstić information content (AvgIpc) is 2.54. The summed E-state index contributed by atoms with van der Waals surface area (Å²) in [5, 5.41) is 0. The van der Waals surface area contributed by atoms with Gasteiger partial charge in [0.25, 0.3) is 0 Å². The molecular weight excluding hydrogens is 276 g/mol. The lowest BCUT2D eigenvalue weighted by Gasteiger charge is -2.04. The Morgan fingerprint density at radius 1 is 0.955 bits per heavy atom. The predicted molar refractivity (Wildman–Crippen MR) is 87.0 cm³/mol. The van der Waals surface area contributed by atoms with Gasteiger partial charge in [0.15, 0.2) is 0 Å². The zero-order chi connectivity index (χ0) is 15.9. The summed E-state index contributed by atoms with van der Waals surface area (Å²) >= 11 is 0. The van der Waals surface area contributed by atoms with Gasteiger partial charge in [-0.1, -0.05) is 38.1 Å². The normalized spacial score (nSPS) is 10.9. The van der Waals surface area contributed by atoms with Gasteiger partial charge in [-0.05, 0) is 47.4 Å². The lowest BCUT2D eigenvalue weighted by Crippen LogP contribution is -2.03. The third-order valence-corrected chi connectivity index (χ3v) is 3.25. The molecule has 0 bridgehead atoms. The largest absolute Gasteiger partial charge is 0.423 e. The van der Waals surface area contributed by atoms with Crippen LogP contribution in [0.5, 0.6) is 5.75 Å². The first-order chi connectivity index (χ1) is 10.6. The molecule has 0 radical (unpaired) electrons. The summed E-state index contributed by atoms with van der Waals surface area (Å²) in [6, 6.07) is 14.4. The molecule has 0 saturated carbocycles. The molecule has 0 unspecified atom stereocenters. The SMILES string of the molecule is CC(C)c1ccc(/C=C/C(=O)Oc2ccc(C=O)cc2)cc1. The van der Waals surface area contributed by atoms with Crippen molar-refractivity contribution in [3.63, 3.8) is 0 Å². The van der Waals surface area contributed by atoms with Crippen LogP contribution in [0, 0.1) is 0 Å². The highest BCUT2D eigenvalue weighted by Crippen LogP contribution is 2.16. The summed E-state index contributed by atoms with van der Waals surface area (Å²) in [4.78, 5) is 22.3. The van der Waals surface area contributed by atoms with Gasteiger partial charge in [-0.15, -0.1) is 0 Å². The first-order valence-electron chi connectivity index (χ1n) is 7.13. The minimum absolute atomic E-state index is 0.412. The molecule has 0 aliphatic rings. The minimum atomic E-state index is -0.452. The molecule has 0 amide bonds. The highest BCUT2D eigenvalue weighted by Gasteiger charge is 2.01. The van der Waals surface area contributed by atoms with Gasteiger partial charge < -0.3 is 4.74 Å². The van der Waals surface area contributed by atoms with Crippen LogP contribution >= 0.6 is 0 Å². The Labute approximate surface area is 130 Å². The standard InChI is InChI=1S/C19H18O3/c1-14(2)17-8-3-15(4-9-17)7-12-19(21)22-18-10-5-16(13-20)6-11-18/h3-14H,1-2H3/b12-7+. The van der Waals surface area contributed by atoms with E-state index >= 15 is 0 Å². The number of hydrogen-bond acceptors (Lipinski definition) is 3. The van der Waals surface area contributed by atoms with Crippen LogP contribution in [0.2, 0.25) is 0 Å². The molecule has 0 atom stereocenters. The maximum absolute atomic E-state index is 11.7. The number of carbonyl (C=O) groups is 2. The van der Waals surface area contributed by atoms with E-state index in [4.69, 9.17) is 4.74 Å². The van der Waals surface area contributed by atoms with Crippen molar-refractivity contribution in [2.45, 2.75) is 19.8 Å². The van der Waals surface area contributed by atoms with E-state index in [0.717, 1.165) is 11.8 Å². The fraction of sp³-hybridized carbons (Fsp3) is 0.158. The molecule has 2 rings (SSSR count). The monoisotopic (exact) mass is 294 g/mol. The summed E-state index contributed by atoms with van der Waals surface area (Å²) in [6.45, 7) is 4.27. The predicted octanol–water partition coefficient (Wildman–Crippen LogP) is 4.24. The summed E-state index contributed by atoms with van der Waals surface area (Å²) in [6.07, 6.45) is 3.84. The van der Waals surface area contributed by atoms with Crippen LogP contribution in [0.25, 0.3) is 6.08 Å². The maximum atomic E-state index is 11.7. The maximum Gasteiger partial charge on any atom is 0.336 e. The van der Waals surface area contributed by atoms with Gasteiger partial charge in [0.2, 0.25) is 0 Å². The molecule has 0 aromatic heterocycles. The molecule has 0 saturated heterocycles. The lowest BCUT2D eigenvalue weighted by atomic mass is 10.0. The molecule has 3 heteroatoms. The molecule has 3 nitrogen and oxygen atoms in total. The molecule has 2 aromatic rings. The van der Waals surface area contributed by atoms with Gasteiger partial charge in [-0.3, -0.25) is 4.79 Å². The number of aldehydes is 1. The van der Waals surface area contributed by atoms with Crippen LogP contribution in [0.3, 0.4) is 0 Å². The van der Waals surface area contributed by atoms with Crippen molar-refractivity contribution in [3.8, 4) is 5.75 Å². The van der Waals surface area contributed by atoms with E-state index in [1.54, 1.807) is 30.3 Å². The van der Waals surface area contributed by atoms with E-state index in [1.807, 2.05) is 24.3 Å². The van der Waals surface area contributed by atoms with Crippen molar-refractivity contribution in [1.82, 2.24) is 0 Å². The topological polar surface area (TPSA) is 43.4 Å². The number of esters is 1. The number of carbonyl (C=O) groups excluding carboxylic acids is 2. The molecule has 0 aliphatic carbocycles. The molecular formula is C19H18O3. The van der Waals surface area contributed by atoms with Crippen LogP contribution in [0.1, 0.15) is 41.3 Å². The van der Waals surface area contributed by atoms with E-state index in [2.05, 4.69) is 13.8 Å². The zero-order valence-corrected chi connectivity index (χ0v) is 12.7. The summed E-state index contributed by atoms with van der Waals surface area (Å²) < 4.78 is 5.16. The Balaban J connectivity index is 1.96. The third kappa shape index (κ3) is 4.42. The molecule has 0 fully saturated rings. The van der Waals surface area contributed by atoms with Crippen molar-refractivity contribution in [3.05, 3.63) is 71.3 Å². The second kappa shape index (κ2) is 7.36. The Morgan fingerprint density at radius 3 is 2.09 bits per heavy atom. The first-order valence-corrected chi connectivity index (χ1v) is 7.13. The Morgan fingerprint density at radius 2 is 1.55 bits per heavy atom. The second-order valence-electron chi connectivity index (χ2n) is 5.26. The van der Waals surface area contributed by atoms with Crippen LogP contribution in [0.15, 0.2) is 54.6 Å². The van der Waals surface area contributed by atoms with Crippen LogP contribution in [0.4, 0.5) is 0 Å². The molecule has 0 heterocycles. The fourth-order valence-electron chi connectivity index (χ4n) is 1.92. The van der Waals surface area contributed by atoms with Crippen molar-refractivity contribution in [1.29, 1.82) is 0 Å². The van der Waals surface area contributed by atoms with Crippen molar-refractivity contribution in [2.75, 3.05) is 0 Å². The van der Waals surface area contributed by atoms with Crippen molar-refractivity contribution < 1.29 is 14.3 Å². The minimum Gasteiger partial charge on any atom is -0.423 e. The smallest absolute Gasteiger partial charge is 0.336 e. The van der Waals surface area contributed by atoms with Crippen molar-refractivity contribution >= 4 is 18.3 Å². The molecule has 0 aliphatic heterocycles. The van der Waals surface area contributed by atoms with E-state index < -0.39 is 5.97 Å². The first kappa shape index (κ1) is 15.7. The fourth-order valence-corrected chi connectivity index (χ4v) is 1.92. The van der Waals surface area contributed by atoms with Crippen LogP contribution < -0.4 is 4.74 Å². The molecule has 0 N–H and O–H groups in total. The van der Waals surface area contributed by atoms with Gasteiger partial charge in [-0.2, -0.15) is 0 Å². The Hall–Kier alpha value is -2.68. The molecule has 112 valence electrons. The molecule has 0 spiro atoms. The summed E-state index contributed by atoms with van der Waals surface area (Å²) in [5.74, 6) is 0.444. The number of benzene rings is 2. The van der Waals surface area contributed by atoms with Crippen LogP contribution in [-0.2, 0) is 4.79 Å². The molecule has 22 heavy (non-hydrogen) atoms. The number of rotatable bonds is 5. The van der Waals surface area contributed by atoms with E-state index in [-0.39, 0.29) is 0 Å². The van der Waals surface area contributed by atoms with E-state index in [9.17, 15) is 9.59 Å². The summed E-state index contributed by atoms with van der Waals surface area (Å²) in [7, 11) is 0. The highest BCUT2D eigenvalue weighted by molar-refractivity contribution is 5.88. The second-order valence-corrected chi connectivity index (χ2v) is 5.26. The quantitative estimate of drug-likeness (QED) is 0.358. The van der Waals surface area contributed by atoms with Gasteiger partial charge in [0, 0.05) is 11.6 Å². The number of hydrogen-bond donors (Lipinski definition) is 0. The molecule has 2 aromatic carbocycles. The third-order valence-electron chi connectivity index (χ3n) is 3.25. The van der Waals surface area contributed by atoms with Gasteiger partial charge in [0.1, 0.15) is 12.0 Å². The summed E-state index contributed by atoms with van der Waals surface area (Å²) in [5.41, 5.74) is 2.74. The van der Waals surface area contributed by atoms with Gasteiger partial charge in [-0.25, -0.2) is 4.79 Å². The van der Waals surface area contributed by atoms with Gasteiger partial charge >= 0.3 is 5.97 Å². The van der Waals surface area contributed by atoms with Crippen molar-refractivity contribution in [2.24, 2.45) is 0 Å². The lowest BCUT2D eigenvalue weighted by molar-refractivity contribution is -0.128. The van der Waals surface area contributed by atoms with Crippen LogP contribution in [-0.4, -0.2) is 12.3 Å². The van der Waals surface area contributed by atoms with Gasteiger partial charge in [0.05, 0.1) is 0 Å². The number of ether oxygens (including phenoxy) is 1. The average molecular weight is 294 g/mol. The zero-order valence-electron chi connectivity index (χ0n) is 12.7. The van der Waals surface area contributed by atoms with E-state index in [1.165, 1.54) is 11.6 Å². The Kier molecular flexibility index (Phi) is 5.26. The van der Waals surface area contributed by atoms with E-state index in [0.29, 0.717) is 17.2 Å². The Bertz CT molecular complexity index is 665. The highest BCUT2D eigenvalue weighted by atomic mass is 16.5.